The predicted octanol–water partition coefficient (Wildman–Crippen LogP) is 4.65. The maximum atomic E-state index is 14.2. The zero-order valence-corrected chi connectivity index (χ0v) is 25.1. The van der Waals surface area contributed by atoms with Crippen molar-refractivity contribution in [1.29, 1.82) is 0 Å². The molecule has 10 heteroatoms. The number of hydrogen-bond donors (Lipinski definition) is 2. The Morgan fingerprint density at radius 1 is 1.02 bits per heavy atom. The first kappa shape index (κ1) is 29.0. The molecule has 1 aliphatic carbocycles. The largest absolute Gasteiger partial charge is 0.359 e. The van der Waals surface area contributed by atoms with Gasteiger partial charge in [-0.1, -0.05) is 61.5 Å². The van der Waals surface area contributed by atoms with Gasteiger partial charge in [0.1, 0.15) is 11.6 Å². The number of amides is 3. The number of benzene rings is 1. The molecule has 3 amide bonds. The lowest BCUT2D eigenvalue weighted by atomic mass is 9.74. The van der Waals surface area contributed by atoms with Crippen LogP contribution in [-0.4, -0.2) is 77.5 Å². The van der Waals surface area contributed by atoms with E-state index >= 15 is 0 Å². The summed E-state index contributed by atoms with van der Waals surface area (Å²) >= 11 is 12.2. The molecule has 41 heavy (non-hydrogen) atoms. The van der Waals surface area contributed by atoms with Gasteiger partial charge in [-0.25, -0.2) is 0 Å². The van der Waals surface area contributed by atoms with E-state index in [1.807, 2.05) is 12.2 Å². The molecule has 4 heterocycles. The Bertz CT molecular complexity index is 1210. The molecule has 5 atom stereocenters. The van der Waals surface area contributed by atoms with E-state index in [9.17, 15) is 14.4 Å². The average molecular weight is 604 g/mol. The minimum Gasteiger partial charge on any atom is -0.359 e. The van der Waals surface area contributed by atoms with Gasteiger partial charge in [-0.3, -0.25) is 14.4 Å². The summed E-state index contributed by atoms with van der Waals surface area (Å²) in [5.74, 6) is -1.44. The third kappa shape index (κ3) is 5.53. The van der Waals surface area contributed by atoms with Crippen LogP contribution in [0.1, 0.15) is 58.3 Å². The number of hydrogen-bond acceptors (Lipinski definition) is 5. The quantitative estimate of drug-likeness (QED) is 0.423. The van der Waals surface area contributed by atoms with Gasteiger partial charge in [-0.2, -0.15) is 0 Å². The molecule has 2 bridgehead atoms. The first-order valence-electron chi connectivity index (χ1n) is 15.2. The first-order valence-corrected chi connectivity index (χ1v) is 16.0. The molecule has 1 spiro atoms. The number of likely N-dealkylation sites (tertiary alicyclic amines) is 2. The molecule has 1 saturated carbocycles. The standard InChI is InChI=1S/C31H40Cl2N4O4/c1-19-11-16-36(17-12-19)14-5-15-37-27(29(39)34-20-6-3-2-4-7-20)31-13-10-24(41-31)25(26(31)30(37)40)28(38)35-21-8-9-22(32)23(33)18-21/h8-10,13,18-20,24-27H,2-7,11-12,14-17H2,1H3,(H,34,39)(H,35,38)/t24-,25-,26-,27-,31-/m0/s1. The molecular formula is C31H40Cl2N4O4. The molecule has 8 nitrogen and oxygen atoms in total. The van der Waals surface area contributed by atoms with Gasteiger partial charge in [0.25, 0.3) is 0 Å². The second-order valence-electron chi connectivity index (χ2n) is 12.6. The lowest BCUT2D eigenvalue weighted by molar-refractivity contribution is -0.141. The highest BCUT2D eigenvalue weighted by molar-refractivity contribution is 6.42. The zero-order valence-electron chi connectivity index (χ0n) is 23.6. The Balaban J connectivity index is 1.23. The van der Waals surface area contributed by atoms with Crippen LogP contribution in [0.2, 0.25) is 10.0 Å². The summed E-state index contributed by atoms with van der Waals surface area (Å²) in [4.78, 5) is 46.0. The fourth-order valence-corrected chi connectivity index (χ4v) is 7.88. The summed E-state index contributed by atoms with van der Waals surface area (Å²) in [6.45, 7) is 5.76. The Hall–Kier alpha value is -2.13. The Kier molecular flexibility index (Phi) is 8.38. The molecule has 5 aliphatic rings. The van der Waals surface area contributed by atoms with Crippen LogP contribution in [0.4, 0.5) is 5.69 Å². The number of halogens is 2. The molecule has 4 fully saturated rings. The third-order valence-corrected chi connectivity index (χ3v) is 10.6. The van der Waals surface area contributed by atoms with Crippen molar-refractivity contribution >= 4 is 46.6 Å². The van der Waals surface area contributed by atoms with Gasteiger partial charge in [0.15, 0.2) is 0 Å². The Morgan fingerprint density at radius 3 is 2.51 bits per heavy atom. The topological polar surface area (TPSA) is 91.0 Å². The molecule has 0 unspecified atom stereocenters. The second kappa shape index (κ2) is 11.9. The SMILES string of the molecule is CC1CCN(CCCN2C(=O)[C@@H]3[C@@H](C(=O)Nc4ccc(Cl)c(Cl)c4)[C@@H]4C=C[C@@]3(O4)[C@@H]2C(=O)NC2CCCCC2)CC1. The number of carbonyl (C=O) groups is 3. The number of nitrogens with zero attached hydrogens (tertiary/aromatic N) is 2. The van der Waals surface area contributed by atoms with Gasteiger partial charge >= 0.3 is 0 Å². The summed E-state index contributed by atoms with van der Waals surface area (Å²) in [6, 6.07) is 4.19. The average Bonchev–Trinajstić information content (AvgIpc) is 3.60. The van der Waals surface area contributed by atoms with E-state index in [-0.39, 0.29) is 23.8 Å². The van der Waals surface area contributed by atoms with Crippen LogP contribution < -0.4 is 10.6 Å². The lowest BCUT2D eigenvalue weighted by Crippen LogP contribution is -2.56. The van der Waals surface area contributed by atoms with E-state index in [2.05, 4.69) is 22.5 Å². The molecule has 4 aliphatic heterocycles. The number of fused-ring (bicyclic) bond motifs is 1. The molecule has 1 aromatic carbocycles. The summed E-state index contributed by atoms with van der Waals surface area (Å²) in [6.07, 6.45) is 11.6. The van der Waals surface area contributed by atoms with Gasteiger partial charge in [-0.05, 0) is 75.9 Å². The van der Waals surface area contributed by atoms with Crippen molar-refractivity contribution in [3.05, 3.63) is 40.4 Å². The van der Waals surface area contributed by atoms with Crippen LogP contribution >= 0.6 is 23.2 Å². The summed E-state index contributed by atoms with van der Waals surface area (Å²) in [5, 5.41) is 6.88. The van der Waals surface area contributed by atoms with Crippen molar-refractivity contribution in [2.24, 2.45) is 17.8 Å². The highest BCUT2D eigenvalue weighted by Gasteiger charge is 2.72. The molecule has 2 N–H and O–H groups in total. The van der Waals surface area contributed by atoms with Crippen molar-refractivity contribution in [1.82, 2.24) is 15.1 Å². The summed E-state index contributed by atoms with van der Waals surface area (Å²) in [5.41, 5.74) is -0.657. The molecule has 3 saturated heterocycles. The number of rotatable bonds is 8. The van der Waals surface area contributed by atoms with E-state index in [4.69, 9.17) is 27.9 Å². The fraction of sp³-hybridized carbons (Fsp3) is 0.645. The highest BCUT2D eigenvalue weighted by Crippen LogP contribution is 2.55. The minimum absolute atomic E-state index is 0.107. The Morgan fingerprint density at radius 2 is 1.78 bits per heavy atom. The van der Waals surface area contributed by atoms with E-state index in [0.29, 0.717) is 22.3 Å². The van der Waals surface area contributed by atoms with Gasteiger partial charge < -0.3 is 25.2 Å². The van der Waals surface area contributed by atoms with Crippen LogP contribution in [-0.2, 0) is 19.1 Å². The predicted molar refractivity (Wildman–Crippen MR) is 159 cm³/mol. The molecule has 1 aromatic rings. The third-order valence-electron chi connectivity index (χ3n) is 9.81. The number of piperidine rings is 1. The van der Waals surface area contributed by atoms with Crippen molar-refractivity contribution < 1.29 is 19.1 Å². The molecule has 6 rings (SSSR count). The highest BCUT2D eigenvalue weighted by atomic mass is 35.5. The maximum Gasteiger partial charge on any atom is 0.246 e. The molecule has 0 radical (unpaired) electrons. The number of nitrogens with one attached hydrogen (secondary N) is 2. The van der Waals surface area contributed by atoms with Crippen molar-refractivity contribution in [3.63, 3.8) is 0 Å². The van der Waals surface area contributed by atoms with Gasteiger partial charge in [0.2, 0.25) is 17.7 Å². The zero-order chi connectivity index (χ0) is 28.7. The van der Waals surface area contributed by atoms with Crippen LogP contribution in [0.15, 0.2) is 30.4 Å². The summed E-state index contributed by atoms with van der Waals surface area (Å²) in [7, 11) is 0. The summed E-state index contributed by atoms with van der Waals surface area (Å²) < 4.78 is 6.48. The van der Waals surface area contributed by atoms with E-state index in [1.165, 1.54) is 19.3 Å². The maximum absolute atomic E-state index is 14.2. The van der Waals surface area contributed by atoms with E-state index in [1.54, 1.807) is 23.1 Å². The smallest absolute Gasteiger partial charge is 0.246 e. The number of carbonyl (C=O) groups excluding carboxylic acids is 3. The van der Waals surface area contributed by atoms with Crippen molar-refractivity contribution in [2.75, 3.05) is 31.5 Å². The normalized spacial score (nSPS) is 32.0. The fourth-order valence-electron chi connectivity index (χ4n) is 7.58. The van der Waals surface area contributed by atoms with Crippen LogP contribution in [0.3, 0.4) is 0 Å². The molecule has 222 valence electrons. The van der Waals surface area contributed by atoms with E-state index < -0.39 is 29.6 Å². The molecular weight excluding hydrogens is 563 g/mol. The van der Waals surface area contributed by atoms with Crippen LogP contribution in [0, 0.1) is 17.8 Å². The van der Waals surface area contributed by atoms with Gasteiger partial charge in [-0.15, -0.1) is 0 Å². The Labute approximate surface area is 252 Å². The van der Waals surface area contributed by atoms with E-state index in [0.717, 1.165) is 57.7 Å². The second-order valence-corrected chi connectivity index (χ2v) is 13.4. The van der Waals surface area contributed by atoms with Crippen LogP contribution in [0.5, 0.6) is 0 Å². The van der Waals surface area contributed by atoms with Gasteiger partial charge in [0, 0.05) is 18.3 Å². The number of anilines is 1. The minimum atomic E-state index is -1.15. The van der Waals surface area contributed by atoms with Crippen LogP contribution in [0.25, 0.3) is 0 Å². The van der Waals surface area contributed by atoms with Gasteiger partial charge in [0.05, 0.1) is 28.0 Å². The number of ether oxygens (including phenoxy) is 1. The molecule has 0 aromatic heterocycles. The first-order chi connectivity index (χ1) is 19.8. The van der Waals surface area contributed by atoms with Crippen molar-refractivity contribution in [2.45, 2.75) is 82.1 Å². The lowest BCUT2D eigenvalue weighted by Gasteiger charge is -2.35. The monoisotopic (exact) mass is 602 g/mol. The van der Waals surface area contributed by atoms with Crippen molar-refractivity contribution in [3.8, 4) is 0 Å².